The number of esters is 2. The Labute approximate surface area is 132 Å². The van der Waals surface area contributed by atoms with Gasteiger partial charge in [0.1, 0.15) is 6.26 Å². The van der Waals surface area contributed by atoms with E-state index in [-0.39, 0.29) is 5.56 Å². The van der Waals surface area contributed by atoms with Crippen molar-refractivity contribution in [3.05, 3.63) is 53.5 Å². The lowest BCUT2D eigenvalue weighted by molar-refractivity contribution is -0.119. The lowest BCUT2D eigenvalue weighted by atomic mass is 10.1. The number of hydrogen-bond acceptors (Lipinski definition) is 6. The summed E-state index contributed by atoms with van der Waals surface area (Å²) in [4.78, 5) is 34.9. The number of furan rings is 1. The number of carbonyl (C=O) groups excluding carboxylic acids is 3. The summed E-state index contributed by atoms with van der Waals surface area (Å²) in [5, 5.41) is 2.58. The molecule has 0 spiro atoms. The van der Waals surface area contributed by atoms with E-state index in [0.29, 0.717) is 11.3 Å². The van der Waals surface area contributed by atoms with Gasteiger partial charge in [-0.3, -0.25) is 4.79 Å². The fraction of sp³-hybridized carbons (Fsp3) is 0.188. The summed E-state index contributed by atoms with van der Waals surface area (Å²) in [7, 11) is 1.27. The van der Waals surface area contributed by atoms with Gasteiger partial charge in [-0.25, -0.2) is 9.59 Å². The highest BCUT2D eigenvalue weighted by Crippen LogP contribution is 2.17. The molecule has 0 radical (unpaired) electrons. The number of rotatable bonds is 5. The molecule has 23 heavy (non-hydrogen) atoms. The van der Waals surface area contributed by atoms with Crippen LogP contribution in [-0.4, -0.2) is 31.6 Å². The summed E-state index contributed by atoms with van der Waals surface area (Å²) in [5.74, 6) is -1.69. The van der Waals surface area contributed by atoms with Crippen LogP contribution in [0.15, 0.2) is 41.2 Å². The van der Waals surface area contributed by atoms with Crippen LogP contribution in [0.2, 0.25) is 0 Å². The first-order valence-electron chi connectivity index (χ1n) is 6.69. The van der Waals surface area contributed by atoms with Crippen LogP contribution in [0.3, 0.4) is 0 Å². The van der Waals surface area contributed by atoms with Gasteiger partial charge in [0.25, 0.3) is 5.91 Å². The van der Waals surface area contributed by atoms with E-state index in [2.05, 4.69) is 10.1 Å². The Bertz CT molecular complexity index is 720. The number of aryl methyl sites for hydroxylation is 1. The summed E-state index contributed by atoms with van der Waals surface area (Å²) in [5.41, 5.74) is 1.73. The molecule has 2 aromatic rings. The van der Waals surface area contributed by atoms with Crippen LogP contribution in [0.4, 0.5) is 5.69 Å². The first-order valence-corrected chi connectivity index (χ1v) is 6.69. The summed E-state index contributed by atoms with van der Waals surface area (Å²) in [6, 6.07) is 6.20. The topological polar surface area (TPSA) is 94.8 Å². The molecule has 1 N–H and O–H groups in total. The molecule has 0 atom stereocenters. The van der Waals surface area contributed by atoms with Gasteiger partial charge in [0.2, 0.25) is 0 Å². The molecule has 1 aromatic carbocycles. The maximum atomic E-state index is 11.9. The van der Waals surface area contributed by atoms with Crippen LogP contribution >= 0.6 is 0 Å². The molecular weight excluding hydrogens is 302 g/mol. The average Bonchev–Trinajstić information content (AvgIpc) is 3.08. The second-order valence-corrected chi connectivity index (χ2v) is 4.66. The van der Waals surface area contributed by atoms with Gasteiger partial charge in [0.15, 0.2) is 6.61 Å². The van der Waals surface area contributed by atoms with Crippen LogP contribution in [0, 0.1) is 6.92 Å². The number of carbonyl (C=O) groups is 3. The van der Waals surface area contributed by atoms with Crippen LogP contribution in [0.25, 0.3) is 0 Å². The number of anilines is 1. The molecule has 0 fully saturated rings. The molecule has 0 aliphatic carbocycles. The van der Waals surface area contributed by atoms with Crippen molar-refractivity contribution >= 4 is 23.5 Å². The van der Waals surface area contributed by atoms with Crippen molar-refractivity contribution in [1.29, 1.82) is 0 Å². The third-order valence-electron chi connectivity index (χ3n) is 3.02. The van der Waals surface area contributed by atoms with Crippen LogP contribution in [-0.2, 0) is 14.3 Å². The standard InChI is InChI=1S/C16H15NO6/c1-10-3-4-11(15(19)21-2)7-13(10)17-14(18)9-23-16(20)12-5-6-22-8-12/h3-8H,9H2,1-2H3,(H,17,18). The first kappa shape index (κ1) is 16.3. The summed E-state index contributed by atoms with van der Waals surface area (Å²) in [6.07, 6.45) is 2.56. The Balaban J connectivity index is 1.97. The molecule has 1 heterocycles. The third kappa shape index (κ3) is 4.19. The van der Waals surface area contributed by atoms with E-state index in [9.17, 15) is 14.4 Å². The van der Waals surface area contributed by atoms with Crippen molar-refractivity contribution in [2.75, 3.05) is 19.0 Å². The zero-order valence-corrected chi connectivity index (χ0v) is 12.6. The highest BCUT2D eigenvalue weighted by atomic mass is 16.5. The highest BCUT2D eigenvalue weighted by Gasteiger charge is 2.13. The Morgan fingerprint density at radius 2 is 1.91 bits per heavy atom. The summed E-state index contributed by atoms with van der Waals surface area (Å²) < 4.78 is 14.2. The fourth-order valence-electron chi connectivity index (χ4n) is 1.78. The van der Waals surface area contributed by atoms with Crippen molar-refractivity contribution in [2.24, 2.45) is 0 Å². The van der Waals surface area contributed by atoms with Crippen LogP contribution in [0.5, 0.6) is 0 Å². The van der Waals surface area contributed by atoms with E-state index in [1.54, 1.807) is 19.1 Å². The first-order chi connectivity index (χ1) is 11.0. The zero-order chi connectivity index (χ0) is 16.8. The minimum atomic E-state index is -0.658. The molecule has 2 rings (SSSR count). The summed E-state index contributed by atoms with van der Waals surface area (Å²) >= 11 is 0. The number of ether oxygens (including phenoxy) is 2. The average molecular weight is 317 g/mol. The quantitative estimate of drug-likeness (QED) is 0.849. The maximum Gasteiger partial charge on any atom is 0.341 e. The van der Waals surface area contributed by atoms with Gasteiger partial charge in [0, 0.05) is 5.69 Å². The predicted molar refractivity (Wildman–Crippen MR) is 80.1 cm³/mol. The SMILES string of the molecule is COC(=O)c1ccc(C)c(NC(=O)COC(=O)c2ccoc2)c1. The molecule has 0 saturated heterocycles. The maximum absolute atomic E-state index is 11.9. The molecule has 0 saturated carbocycles. The minimum absolute atomic E-state index is 0.224. The number of nitrogens with one attached hydrogen (secondary N) is 1. The van der Waals surface area contributed by atoms with E-state index < -0.39 is 24.5 Å². The molecule has 1 aromatic heterocycles. The molecule has 0 aliphatic heterocycles. The van der Waals surface area contributed by atoms with Gasteiger partial charge >= 0.3 is 11.9 Å². The van der Waals surface area contributed by atoms with E-state index >= 15 is 0 Å². The fourth-order valence-corrected chi connectivity index (χ4v) is 1.78. The van der Waals surface area contributed by atoms with E-state index in [0.717, 1.165) is 5.56 Å². The highest BCUT2D eigenvalue weighted by molar-refractivity contribution is 5.97. The molecule has 1 amide bonds. The predicted octanol–water partition coefficient (Wildman–Crippen LogP) is 2.17. The Hall–Kier alpha value is -3.09. The Morgan fingerprint density at radius 1 is 1.13 bits per heavy atom. The van der Waals surface area contributed by atoms with Gasteiger partial charge in [0.05, 0.1) is 24.5 Å². The van der Waals surface area contributed by atoms with Crippen molar-refractivity contribution < 1.29 is 28.3 Å². The Kier molecular flexibility index (Phi) is 5.14. The second kappa shape index (κ2) is 7.26. The van der Waals surface area contributed by atoms with E-state index in [4.69, 9.17) is 9.15 Å². The third-order valence-corrected chi connectivity index (χ3v) is 3.02. The molecule has 0 bridgehead atoms. The van der Waals surface area contributed by atoms with Gasteiger partial charge in [-0.1, -0.05) is 6.07 Å². The van der Waals surface area contributed by atoms with E-state index in [1.165, 1.54) is 31.8 Å². The van der Waals surface area contributed by atoms with Crippen LogP contribution < -0.4 is 5.32 Å². The van der Waals surface area contributed by atoms with Gasteiger partial charge in [-0.05, 0) is 30.7 Å². The molecule has 7 heteroatoms. The molecular formula is C16H15NO6. The largest absolute Gasteiger partial charge is 0.472 e. The Morgan fingerprint density at radius 3 is 2.57 bits per heavy atom. The number of hydrogen-bond donors (Lipinski definition) is 1. The number of amides is 1. The van der Waals surface area contributed by atoms with Crippen molar-refractivity contribution in [3.8, 4) is 0 Å². The van der Waals surface area contributed by atoms with Crippen LogP contribution in [0.1, 0.15) is 26.3 Å². The number of methoxy groups -OCH3 is 1. The molecule has 7 nitrogen and oxygen atoms in total. The van der Waals surface area contributed by atoms with E-state index in [1.807, 2.05) is 0 Å². The minimum Gasteiger partial charge on any atom is -0.472 e. The zero-order valence-electron chi connectivity index (χ0n) is 12.6. The lowest BCUT2D eigenvalue weighted by Gasteiger charge is -2.10. The normalized spacial score (nSPS) is 10.0. The molecule has 0 unspecified atom stereocenters. The van der Waals surface area contributed by atoms with Gasteiger partial charge in [-0.15, -0.1) is 0 Å². The lowest BCUT2D eigenvalue weighted by Crippen LogP contribution is -2.21. The number of benzene rings is 1. The van der Waals surface area contributed by atoms with Crippen molar-refractivity contribution in [1.82, 2.24) is 0 Å². The van der Waals surface area contributed by atoms with Gasteiger partial charge < -0.3 is 19.2 Å². The van der Waals surface area contributed by atoms with Gasteiger partial charge in [-0.2, -0.15) is 0 Å². The monoisotopic (exact) mass is 317 g/mol. The summed E-state index contributed by atoms with van der Waals surface area (Å²) in [6.45, 7) is 1.32. The molecule has 120 valence electrons. The van der Waals surface area contributed by atoms with Crippen molar-refractivity contribution in [2.45, 2.75) is 6.92 Å². The smallest absolute Gasteiger partial charge is 0.341 e. The second-order valence-electron chi connectivity index (χ2n) is 4.66. The van der Waals surface area contributed by atoms with Crippen molar-refractivity contribution in [3.63, 3.8) is 0 Å². The molecule has 0 aliphatic rings.